The van der Waals surface area contributed by atoms with Crippen LogP contribution < -0.4 is 11.1 Å². The molecule has 1 aromatic rings. The molecular formula is C26H33F6N3O5. The molecule has 2 saturated carbocycles. The van der Waals surface area contributed by atoms with E-state index in [2.05, 4.69) is 53.5 Å². The molecule has 8 nitrogen and oxygen atoms in total. The molecule has 0 bridgehead atoms. The molecule has 1 aromatic carbocycles. The molecule has 3 fully saturated rings. The van der Waals surface area contributed by atoms with Gasteiger partial charge in [-0.3, -0.25) is 9.69 Å². The van der Waals surface area contributed by atoms with Crippen molar-refractivity contribution in [1.82, 2.24) is 10.2 Å². The van der Waals surface area contributed by atoms with Crippen molar-refractivity contribution in [3.05, 3.63) is 41.5 Å². The number of likely N-dealkylation sites (tertiary alicyclic amines) is 1. The predicted molar refractivity (Wildman–Crippen MR) is 133 cm³/mol. The quantitative estimate of drug-likeness (QED) is 0.357. The van der Waals surface area contributed by atoms with Crippen LogP contribution in [0.4, 0.5) is 26.3 Å². The number of hydrogen-bond donors (Lipinski definition) is 4. The smallest absolute Gasteiger partial charge is 0.475 e. The fourth-order valence-corrected chi connectivity index (χ4v) is 4.96. The van der Waals surface area contributed by atoms with Gasteiger partial charge < -0.3 is 21.3 Å². The molecule has 0 radical (unpaired) electrons. The molecule has 1 saturated heterocycles. The van der Waals surface area contributed by atoms with Crippen LogP contribution in [0, 0.1) is 11.3 Å². The van der Waals surface area contributed by atoms with Crippen LogP contribution in [0.2, 0.25) is 0 Å². The van der Waals surface area contributed by atoms with Gasteiger partial charge in [-0.15, -0.1) is 0 Å². The van der Waals surface area contributed by atoms with E-state index < -0.39 is 24.3 Å². The second-order valence-electron chi connectivity index (χ2n) is 10.3. The molecule has 3 atom stereocenters. The maximum absolute atomic E-state index is 11.3. The molecule has 1 aliphatic heterocycles. The average molecular weight is 582 g/mol. The van der Waals surface area contributed by atoms with Gasteiger partial charge in [0.25, 0.3) is 0 Å². The Morgan fingerprint density at radius 2 is 1.52 bits per heavy atom. The van der Waals surface area contributed by atoms with E-state index in [1.54, 1.807) is 5.57 Å². The molecule has 2 aliphatic carbocycles. The summed E-state index contributed by atoms with van der Waals surface area (Å²) in [6.07, 6.45) is -2.87. The van der Waals surface area contributed by atoms with Gasteiger partial charge in [-0.1, -0.05) is 48.9 Å². The fourth-order valence-electron chi connectivity index (χ4n) is 4.96. The van der Waals surface area contributed by atoms with Gasteiger partial charge >= 0.3 is 24.3 Å². The van der Waals surface area contributed by atoms with Crippen LogP contribution in [-0.2, 0) is 14.4 Å². The SMILES string of the molecule is CC/C(=C\c1ccccc1)[C@H]1C[C@@H]1NC1CC2(C1)CN(C(C)C(N)=O)C2.O=C(O)C(F)(F)F.O=C(O)C(F)(F)F. The Kier molecular flexibility index (Phi) is 10.8. The monoisotopic (exact) mass is 581 g/mol. The first-order valence-corrected chi connectivity index (χ1v) is 12.5. The van der Waals surface area contributed by atoms with Crippen molar-refractivity contribution in [3.8, 4) is 0 Å². The number of amides is 1. The van der Waals surface area contributed by atoms with E-state index in [1.165, 1.54) is 24.8 Å². The van der Waals surface area contributed by atoms with E-state index in [1.807, 2.05) is 6.92 Å². The minimum atomic E-state index is -5.08. The number of carboxylic acids is 2. The largest absolute Gasteiger partial charge is 0.490 e. The summed E-state index contributed by atoms with van der Waals surface area (Å²) in [5.41, 5.74) is 8.76. The highest BCUT2D eigenvalue weighted by Crippen LogP contribution is 2.50. The van der Waals surface area contributed by atoms with Crippen LogP contribution in [0.25, 0.3) is 6.08 Å². The molecule has 14 heteroatoms. The Morgan fingerprint density at radius 3 is 1.93 bits per heavy atom. The van der Waals surface area contributed by atoms with Crippen LogP contribution >= 0.6 is 0 Å². The fraction of sp³-hybridized carbons (Fsp3) is 0.577. The zero-order valence-corrected chi connectivity index (χ0v) is 21.9. The maximum atomic E-state index is 11.3. The van der Waals surface area contributed by atoms with Crippen molar-refractivity contribution in [2.24, 2.45) is 17.1 Å². The van der Waals surface area contributed by atoms with Crippen LogP contribution in [0.5, 0.6) is 0 Å². The minimum absolute atomic E-state index is 0.115. The Balaban J connectivity index is 0.000000333. The number of nitrogens with zero attached hydrogens (tertiary/aromatic N) is 1. The van der Waals surface area contributed by atoms with E-state index in [0.29, 0.717) is 23.4 Å². The van der Waals surface area contributed by atoms with Gasteiger partial charge in [0.1, 0.15) is 0 Å². The lowest BCUT2D eigenvalue weighted by Crippen LogP contribution is -2.69. The van der Waals surface area contributed by atoms with E-state index in [0.717, 1.165) is 19.5 Å². The molecule has 1 spiro atoms. The number of primary amides is 1. The molecule has 0 aromatic heterocycles. The van der Waals surface area contributed by atoms with Gasteiger partial charge in [-0.05, 0) is 49.5 Å². The number of nitrogens with two attached hydrogens (primary N) is 1. The zero-order chi connectivity index (χ0) is 30.5. The van der Waals surface area contributed by atoms with Crippen molar-refractivity contribution in [1.29, 1.82) is 0 Å². The average Bonchev–Trinajstić information content (AvgIpc) is 3.57. The lowest BCUT2D eigenvalue weighted by Gasteiger charge is -2.60. The molecular weight excluding hydrogens is 548 g/mol. The normalized spacial score (nSPS) is 22.9. The Labute approximate surface area is 227 Å². The molecule has 1 heterocycles. The minimum Gasteiger partial charge on any atom is -0.475 e. The number of rotatable bonds is 7. The summed E-state index contributed by atoms with van der Waals surface area (Å²) in [6.45, 7) is 6.27. The Bertz CT molecular complexity index is 1040. The van der Waals surface area contributed by atoms with Gasteiger partial charge in [0.15, 0.2) is 0 Å². The molecule has 1 amide bonds. The lowest BCUT2D eigenvalue weighted by atomic mass is 9.60. The van der Waals surface area contributed by atoms with Crippen LogP contribution in [0.1, 0.15) is 45.1 Å². The molecule has 1 unspecified atom stereocenters. The number of carbonyl (C=O) groups is 3. The van der Waals surface area contributed by atoms with Gasteiger partial charge in [0.05, 0.1) is 6.04 Å². The molecule has 4 rings (SSSR count). The van der Waals surface area contributed by atoms with E-state index in [4.69, 9.17) is 25.5 Å². The zero-order valence-electron chi connectivity index (χ0n) is 21.9. The number of halogens is 6. The van der Waals surface area contributed by atoms with Gasteiger partial charge in [-0.2, -0.15) is 26.3 Å². The van der Waals surface area contributed by atoms with E-state index in [-0.39, 0.29) is 11.9 Å². The summed E-state index contributed by atoms with van der Waals surface area (Å²) >= 11 is 0. The van der Waals surface area contributed by atoms with Crippen LogP contribution in [0.3, 0.4) is 0 Å². The van der Waals surface area contributed by atoms with Gasteiger partial charge in [0, 0.05) is 25.2 Å². The maximum Gasteiger partial charge on any atom is 0.490 e. The molecule has 5 N–H and O–H groups in total. The summed E-state index contributed by atoms with van der Waals surface area (Å²) in [6, 6.07) is 11.9. The van der Waals surface area contributed by atoms with Crippen molar-refractivity contribution < 1.29 is 50.9 Å². The van der Waals surface area contributed by atoms with Crippen LogP contribution in [-0.4, -0.2) is 76.5 Å². The topological polar surface area (TPSA) is 133 Å². The number of benzene rings is 1. The third-order valence-corrected chi connectivity index (χ3v) is 7.16. The second kappa shape index (κ2) is 13.0. The molecule has 224 valence electrons. The van der Waals surface area contributed by atoms with Crippen LogP contribution in [0.15, 0.2) is 35.9 Å². The van der Waals surface area contributed by atoms with Gasteiger partial charge in [0.2, 0.25) is 5.91 Å². The second-order valence-corrected chi connectivity index (χ2v) is 10.3. The molecule has 40 heavy (non-hydrogen) atoms. The van der Waals surface area contributed by atoms with Crippen molar-refractivity contribution in [3.63, 3.8) is 0 Å². The molecule has 3 aliphatic rings. The first-order chi connectivity index (χ1) is 18.4. The predicted octanol–water partition coefficient (Wildman–Crippen LogP) is 4.06. The van der Waals surface area contributed by atoms with Crippen molar-refractivity contribution >= 4 is 23.9 Å². The van der Waals surface area contributed by atoms with Gasteiger partial charge in [-0.25, -0.2) is 9.59 Å². The first-order valence-electron chi connectivity index (χ1n) is 12.5. The first kappa shape index (κ1) is 33.1. The number of hydrogen-bond acceptors (Lipinski definition) is 5. The standard InChI is InChI=1S/C22H31N3O.2C2HF3O2/c1-3-17(9-16-7-5-4-6-8-16)19-10-20(19)24-18-11-22(12-18)13-25(14-22)15(2)21(23)26;2*3-2(4,5)1(6)7/h4-9,15,18-20,24H,3,10-14H2,1-2H3,(H2,23,26);2*(H,6,7)/b17-9+;;/t15?,19-,20+;;/m1../s1. The summed E-state index contributed by atoms with van der Waals surface area (Å²) in [4.78, 5) is 31.3. The van der Waals surface area contributed by atoms with Crippen molar-refractivity contribution in [2.45, 2.75) is 70.0 Å². The number of aliphatic carboxylic acids is 2. The van der Waals surface area contributed by atoms with E-state index in [9.17, 15) is 31.1 Å². The summed E-state index contributed by atoms with van der Waals surface area (Å²) in [5.74, 6) is -5.00. The highest BCUT2D eigenvalue weighted by atomic mass is 19.4. The van der Waals surface area contributed by atoms with Crippen molar-refractivity contribution in [2.75, 3.05) is 13.1 Å². The number of nitrogens with one attached hydrogen (secondary N) is 1. The third kappa shape index (κ3) is 9.51. The Morgan fingerprint density at radius 1 is 1.05 bits per heavy atom. The summed E-state index contributed by atoms with van der Waals surface area (Å²) in [7, 11) is 0. The lowest BCUT2D eigenvalue weighted by molar-refractivity contribution is -0.193. The third-order valence-electron chi connectivity index (χ3n) is 7.16. The summed E-state index contributed by atoms with van der Waals surface area (Å²) < 4.78 is 63.5. The van der Waals surface area contributed by atoms with E-state index >= 15 is 0 Å². The number of alkyl halides is 6. The highest BCUT2D eigenvalue weighted by molar-refractivity contribution is 5.79. The Hall–Kier alpha value is -3.13. The number of carboxylic acid groups (broad SMARTS) is 2. The summed E-state index contributed by atoms with van der Waals surface area (Å²) in [5, 5.41) is 18.1. The highest BCUT2D eigenvalue weighted by Gasteiger charge is 2.55. The number of carbonyl (C=O) groups excluding carboxylic acids is 1.